The lowest BCUT2D eigenvalue weighted by Crippen LogP contribution is -1.94. The number of aryl methyl sites for hydroxylation is 2. The van der Waals surface area contributed by atoms with Gasteiger partial charge in [0.05, 0.1) is 15.2 Å². The van der Waals surface area contributed by atoms with E-state index in [0.717, 1.165) is 31.0 Å². The van der Waals surface area contributed by atoms with Crippen LogP contribution in [-0.2, 0) is 7.05 Å². The molecule has 5 nitrogen and oxygen atoms in total. The Morgan fingerprint density at radius 2 is 2.22 bits per heavy atom. The molecular weight excluding hydrogens is 266 g/mol. The van der Waals surface area contributed by atoms with Gasteiger partial charge in [0.15, 0.2) is 5.16 Å². The lowest BCUT2D eigenvalue weighted by atomic mass is 10.3. The number of nitrogen functional groups attached to an aromatic ring is 1. The first kappa shape index (κ1) is 11.5. The molecule has 0 aliphatic heterocycles. The zero-order valence-corrected chi connectivity index (χ0v) is 11.5. The van der Waals surface area contributed by atoms with Crippen molar-refractivity contribution >= 4 is 39.0 Å². The van der Waals surface area contributed by atoms with Gasteiger partial charge in [0.2, 0.25) is 0 Å². The monoisotopic (exact) mass is 277 g/mol. The minimum Gasteiger partial charge on any atom is -0.398 e. The minimum absolute atomic E-state index is 0.749. The van der Waals surface area contributed by atoms with Gasteiger partial charge < -0.3 is 5.73 Å². The van der Waals surface area contributed by atoms with E-state index >= 15 is 0 Å². The summed E-state index contributed by atoms with van der Waals surface area (Å²) in [6, 6.07) is 3.98. The van der Waals surface area contributed by atoms with Gasteiger partial charge in [-0.1, -0.05) is 0 Å². The molecule has 0 fully saturated rings. The van der Waals surface area contributed by atoms with E-state index in [1.54, 1.807) is 16.0 Å². The molecule has 2 aromatic heterocycles. The Kier molecular flexibility index (Phi) is 2.71. The molecule has 3 aromatic rings. The molecule has 18 heavy (non-hydrogen) atoms. The summed E-state index contributed by atoms with van der Waals surface area (Å²) in [5, 5.41) is 5.90. The molecule has 7 heteroatoms. The maximum Gasteiger partial charge on any atom is 0.190 e. The summed E-state index contributed by atoms with van der Waals surface area (Å²) < 4.78 is 2.84. The number of aromatic nitrogens is 4. The first-order valence-corrected chi connectivity index (χ1v) is 6.95. The fourth-order valence-corrected chi connectivity index (χ4v) is 3.33. The average Bonchev–Trinajstić information content (AvgIpc) is 2.85. The first-order valence-electron chi connectivity index (χ1n) is 5.32. The Bertz CT molecular complexity index is 715. The van der Waals surface area contributed by atoms with Gasteiger partial charge >= 0.3 is 0 Å². The van der Waals surface area contributed by atoms with Crippen LogP contribution in [0.4, 0.5) is 5.69 Å². The normalized spacial score (nSPS) is 11.2. The van der Waals surface area contributed by atoms with Gasteiger partial charge in [0.1, 0.15) is 6.33 Å². The minimum atomic E-state index is 0.749. The highest BCUT2D eigenvalue weighted by atomic mass is 32.2. The zero-order chi connectivity index (χ0) is 12.7. The Balaban J connectivity index is 2.06. The second kappa shape index (κ2) is 4.25. The fourth-order valence-electron chi connectivity index (χ4n) is 1.65. The van der Waals surface area contributed by atoms with Crippen molar-refractivity contribution in [3.63, 3.8) is 0 Å². The van der Waals surface area contributed by atoms with Gasteiger partial charge in [-0.2, -0.15) is 5.10 Å². The van der Waals surface area contributed by atoms with Gasteiger partial charge in [-0.3, -0.25) is 0 Å². The molecule has 0 spiro atoms. The van der Waals surface area contributed by atoms with Gasteiger partial charge in [0.25, 0.3) is 0 Å². The maximum atomic E-state index is 6.06. The van der Waals surface area contributed by atoms with Crippen molar-refractivity contribution < 1.29 is 0 Å². The Labute approximate surface area is 112 Å². The largest absolute Gasteiger partial charge is 0.398 e. The van der Waals surface area contributed by atoms with E-state index in [4.69, 9.17) is 5.73 Å². The van der Waals surface area contributed by atoms with E-state index < -0.39 is 0 Å². The predicted molar refractivity (Wildman–Crippen MR) is 73.9 cm³/mol. The molecule has 0 saturated carbocycles. The smallest absolute Gasteiger partial charge is 0.190 e. The molecule has 0 saturated heterocycles. The van der Waals surface area contributed by atoms with Crippen LogP contribution >= 0.6 is 23.1 Å². The van der Waals surface area contributed by atoms with E-state index in [1.807, 2.05) is 26.1 Å². The number of thiazole rings is 1. The van der Waals surface area contributed by atoms with Crippen LogP contribution in [0.5, 0.6) is 0 Å². The van der Waals surface area contributed by atoms with E-state index in [2.05, 4.69) is 15.1 Å². The van der Waals surface area contributed by atoms with Crippen LogP contribution in [-0.4, -0.2) is 19.7 Å². The maximum absolute atomic E-state index is 6.06. The first-order chi connectivity index (χ1) is 8.63. The Hall–Kier alpha value is -1.60. The zero-order valence-electron chi connectivity index (χ0n) is 9.91. The molecule has 0 unspecified atom stereocenters. The summed E-state index contributed by atoms with van der Waals surface area (Å²) >= 11 is 3.15. The quantitative estimate of drug-likeness (QED) is 0.729. The highest BCUT2D eigenvalue weighted by Crippen LogP contribution is 2.35. The molecule has 0 bridgehead atoms. The van der Waals surface area contributed by atoms with Crippen LogP contribution < -0.4 is 5.73 Å². The van der Waals surface area contributed by atoms with E-state index in [1.165, 1.54) is 18.1 Å². The number of rotatable bonds is 2. The number of fused-ring (bicyclic) bond motifs is 1. The molecule has 3 rings (SSSR count). The second-order valence-corrected chi connectivity index (χ2v) is 6.10. The Morgan fingerprint density at radius 3 is 2.94 bits per heavy atom. The molecule has 1 aromatic carbocycles. The van der Waals surface area contributed by atoms with Crippen molar-refractivity contribution in [3.8, 4) is 0 Å². The number of anilines is 1. The third-order valence-corrected chi connectivity index (χ3v) is 4.56. The average molecular weight is 277 g/mol. The van der Waals surface area contributed by atoms with Crippen molar-refractivity contribution in [1.29, 1.82) is 0 Å². The number of nitrogens with two attached hydrogens (primary N) is 1. The molecule has 0 atom stereocenters. The SMILES string of the molecule is Cc1nc2cc(Sc3ncnn3C)c(N)cc2s1. The lowest BCUT2D eigenvalue weighted by Gasteiger charge is -2.04. The molecule has 92 valence electrons. The highest BCUT2D eigenvalue weighted by molar-refractivity contribution is 7.99. The summed E-state index contributed by atoms with van der Waals surface area (Å²) in [7, 11) is 1.86. The van der Waals surface area contributed by atoms with Crippen LogP contribution in [0.3, 0.4) is 0 Å². The number of hydrogen-bond donors (Lipinski definition) is 1. The van der Waals surface area contributed by atoms with Crippen molar-refractivity contribution in [2.45, 2.75) is 17.0 Å². The van der Waals surface area contributed by atoms with Crippen molar-refractivity contribution in [2.24, 2.45) is 7.05 Å². The molecule has 2 heterocycles. The fraction of sp³-hybridized carbons (Fsp3) is 0.182. The van der Waals surface area contributed by atoms with Crippen LogP contribution in [0, 0.1) is 6.92 Å². The molecule has 0 aliphatic carbocycles. The van der Waals surface area contributed by atoms with Gasteiger partial charge in [0, 0.05) is 17.6 Å². The van der Waals surface area contributed by atoms with E-state index in [0.29, 0.717) is 0 Å². The number of benzene rings is 1. The van der Waals surface area contributed by atoms with Gasteiger partial charge in [-0.25, -0.2) is 14.6 Å². The van der Waals surface area contributed by atoms with Gasteiger partial charge in [-0.15, -0.1) is 11.3 Å². The molecule has 0 aliphatic rings. The van der Waals surface area contributed by atoms with E-state index in [9.17, 15) is 0 Å². The topological polar surface area (TPSA) is 69.6 Å². The standard InChI is InChI=1S/C11H11N5S2/c1-6-15-8-4-9(7(12)3-10(8)17-6)18-11-13-5-14-16(11)2/h3-5H,12H2,1-2H3. The van der Waals surface area contributed by atoms with Crippen LogP contribution in [0.15, 0.2) is 28.5 Å². The second-order valence-electron chi connectivity index (χ2n) is 3.86. The highest BCUT2D eigenvalue weighted by Gasteiger charge is 2.10. The summed E-state index contributed by atoms with van der Waals surface area (Å²) in [4.78, 5) is 9.61. The predicted octanol–water partition coefficient (Wildman–Crippen LogP) is 2.47. The molecule has 0 radical (unpaired) electrons. The lowest BCUT2D eigenvalue weighted by molar-refractivity contribution is 0.685. The van der Waals surface area contributed by atoms with Crippen LogP contribution in [0.25, 0.3) is 10.2 Å². The Morgan fingerprint density at radius 1 is 1.39 bits per heavy atom. The molecular formula is C11H11N5S2. The third-order valence-electron chi connectivity index (χ3n) is 2.50. The number of hydrogen-bond acceptors (Lipinski definition) is 6. The summed E-state index contributed by atoms with van der Waals surface area (Å²) in [5.74, 6) is 0. The van der Waals surface area contributed by atoms with Crippen molar-refractivity contribution in [1.82, 2.24) is 19.7 Å². The van der Waals surface area contributed by atoms with Crippen LogP contribution in [0.2, 0.25) is 0 Å². The summed E-state index contributed by atoms with van der Waals surface area (Å²) in [5.41, 5.74) is 7.80. The molecule has 0 amide bonds. The van der Waals surface area contributed by atoms with E-state index in [-0.39, 0.29) is 0 Å². The third kappa shape index (κ3) is 1.95. The van der Waals surface area contributed by atoms with Gasteiger partial charge in [-0.05, 0) is 30.8 Å². The van der Waals surface area contributed by atoms with Crippen molar-refractivity contribution in [2.75, 3.05) is 5.73 Å². The number of nitrogens with zero attached hydrogens (tertiary/aromatic N) is 4. The van der Waals surface area contributed by atoms with Crippen molar-refractivity contribution in [3.05, 3.63) is 23.5 Å². The molecule has 2 N–H and O–H groups in total. The summed E-state index contributed by atoms with van der Waals surface area (Å²) in [6.07, 6.45) is 1.53. The van der Waals surface area contributed by atoms with Crippen LogP contribution in [0.1, 0.15) is 5.01 Å². The summed E-state index contributed by atoms with van der Waals surface area (Å²) in [6.45, 7) is 2.00.